The van der Waals surface area contributed by atoms with Crippen molar-refractivity contribution in [2.24, 2.45) is 46.8 Å². The molecule has 204 valence electrons. The quantitative estimate of drug-likeness (QED) is 0.372. The summed E-state index contributed by atoms with van der Waals surface area (Å²) in [5.41, 5.74) is -0.0475. The van der Waals surface area contributed by atoms with E-state index in [1.165, 1.54) is 0 Å². The maximum absolute atomic E-state index is 11.9. The van der Waals surface area contributed by atoms with Gasteiger partial charge in [-0.05, 0) is 78.9 Å². The Hall–Kier alpha value is -0.320. The van der Waals surface area contributed by atoms with Crippen LogP contribution in [0.1, 0.15) is 59.8 Å². The van der Waals surface area contributed by atoms with Gasteiger partial charge in [-0.2, -0.15) is 0 Å². The van der Waals surface area contributed by atoms with Crippen molar-refractivity contribution in [2.45, 2.75) is 103 Å². The van der Waals surface area contributed by atoms with Gasteiger partial charge in [-0.25, -0.2) is 0 Å². The molecule has 0 aromatic heterocycles. The Morgan fingerprint density at radius 3 is 2.31 bits per heavy atom. The highest BCUT2D eigenvalue weighted by molar-refractivity contribution is 5.07. The molecule has 4 aliphatic rings. The third-order valence-corrected chi connectivity index (χ3v) is 10.3. The first-order valence-corrected chi connectivity index (χ1v) is 13.7. The van der Waals surface area contributed by atoms with Crippen LogP contribution in [0.3, 0.4) is 0 Å². The normalized spacial score (nSPS) is 52.7. The lowest BCUT2D eigenvalue weighted by Crippen LogP contribution is -2.62. The highest BCUT2D eigenvalue weighted by Gasteiger charge is 2.59. The summed E-state index contributed by atoms with van der Waals surface area (Å²) in [5.74, 6) is 2.15. The molecular formula is C27H48O8. The molecule has 0 bridgehead atoms. The first-order valence-electron chi connectivity index (χ1n) is 13.7. The molecule has 1 aliphatic heterocycles. The largest absolute Gasteiger partial charge is 0.394 e. The molecule has 4 fully saturated rings. The van der Waals surface area contributed by atoms with Crippen LogP contribution in [-0.2, 0) is 14.2 Å². The van der Waals surface area contributed by atoms with Crippen LogP contribution in [0.5, 0.6) is 0 Å². The Balaban J connectivity index is 1.69. The van der Waals surface area contributed by atoms with E-state index in [0.29, 0.717) is 29.6 Å². The summed E-state index contributed by atoms with van der Waals surface area (Å²) < 4.78 is 17.8. The van der Waals surface area contributed by atoms with Crippen LogP contribution in [0.25, 0.3) is 0 Å². The van der Waals surface area contributed by atoms with Gasteiger partial charge in [0, 0.05) is 13.7 Å². The summed E-state index contributed by atoms with van der Waals surface area (Å²) in [5, 5.41) is 52.8. The van der Waals surface area contributed by atoms with Gasteiger partial charge in [0.15, 0.2) is 6.29 Å². The molecule has 14 atom stereocenters. The van der Waals surface area contributed by atoms with Crippen molar-refractivity contribution < 1.29 is 39.7 Å². The lowest BCUT2D eigenvalue weighted by molar-refractivity contribution is -0.328. The van der Waals surface area contributed by atoms with E-state index in [2.05, 4.69) is 27.7 Å². The average molecular weight is 501 g/mol. The third kappa shape index (κ3) is 4.94. The number of hydrogen-bond acceptors (Lipinski definition) is 8. The standard InChI is InChI=1S/C27H48O8/c1-13(2)16-8-9-27(4)10-18-15(12-33-5)6-7-17(18)14(3)21(29)25(20(16)27)35-26-24(32)23(31)22(30)19(11-28)34-26/h13-26,28-32H,6-12H2,1-5H3/t14-,15-,16+,17+,18-,19-,20-,21-,22-,23+,24-,25-,26-,27-/m1/s1. The average Bonchev–Trinajstić information content (AvgIpc) is 3.36. The molecule has 0 unspecified atom stereocenters. The van der Waals surface area contributed by atoms with Crippen molar-refractivity contribution >= 4 is 0 Å². The Kier molecular flexibility index (Phi) is 8.56. The number of fused-ring (bicyclic) bond motifs is 2. The van der Waals surface area contributed by atoms with Gasteiger partial charge in [-0.1, -0.05) is 27.7 Å². The molecule has 3 saturated carbocycles. The molecule has 0 radical (unpaired) electrons. The number of rotatable bonds is 6. The van der Waals surface area contributed by atoms with Crippen molar-refractivity contribution in [1.29, 1.82) is 0 Å². The van der Waals surface area contributed by atoms with Crippen molar-refractivity contribution in [3.05, 3.63) is 0 Å². The van der Waals surface area contributed by atoms with E-state index < -0.39 is 49.5 Å². The van der Waals surface area contributed by atoms with Gasteiger partial charge < -0.3 is 39.7 Å². The third-order valence-electron chi connectivity index (χ3n) is 10.3. The van der Waals surface area contributed by atoms with Crippen LogP contribution in [0.2, 0.25) is 0 Å². The Labute approximate surface area is 210 Å². The predicted molar refractivity (Wildman–Crippen MR) is 129 cm³/mol. The second kappa shape index (κ2) is 10.8. The maximum atomic E-state index is 11.9. The minimum Gasteiger partial charge on any atom is -0.394 e. The summed E-state index contributed by atoms with van der Waals surface area (Å²) >= 11 is 0. The van der Waals surface area contributed by atoms with Crippen LogP contribution >= 0.6 is 0 Å². The monoisotopic (exact) mass is 500 g/mol. The number of aliphatic hydroxyl groups excluding tert-OH is 5. The molecule has 8 nitrogen and oxygen atoms in total. The summed E-state index contributed by atoms with van der Waals surface area (Å²) in [7, 11) is 1.77. The molecule has 1 heterocycles. The molecule has 8 heteroatoms. The Morgan fingerprint density at radius 2 is 1.69 bits per heavy atom. The van der Waals surface area contributed by atoms with E-state index in [-0.39, 0.29) is 17.3 Å². The number of ether oxygens (including phenoxy) is 3. The smallest absolute Gasteiger partial charge is 0.187 e. The lowest BCUT2D eigenvalue weighted by Gasteiger charge is -2.51. The van der Waals surface area contributed by atoms with Gasteiger partial charge in [-0.3, -0.25) is 0 Å². The van der Waals surface area contributed by atoms with Gasteiger partial charge in [0.2, 0.25) is 0 Å². The van der Waals surface area contributed by atoms with E-state index >= 15 is 0 Å². The first-order chi connectivity index (χ1) is 16.5. The number of hydrogen-bond donors (Lipinski definition) is 5. The van der Waals surface area contributed by atoms with E-state index in [9.17, 15) is 25.5 Å². The van der Waals surface area contributed by atoms with E-state index in [4.69, 9.17) is 14.2 Å². The minimum absolute atomic E-state index is 0.00490. The van der Waals surface area contributed by atoms with Gasteiger partial charge in [0.25, 0.3) is 0 Å². The van der Waals surface area contributed by atoms with E-state index in [0.717, 1.165) is 38.7 Å². The molecule has 0 aromatic carbocycles. The molecule has 0 aromatic rings. The van der Waals surface area contributed by atoms with Crippen LogP contribution < -0.4 is 0 Å². The van der Waals surface area contributed by atoms with E-state index in [1.807, 2.05) is 0 Å². The van der Waals surface area contributed by atoms with Gasteiger partial charge in [0.1, 0.15) is 24.4 Å². The molecule has 3 aliphatic carbocycles. The zero-order valence-electron chi connectivity index (χ0n) is 22.0. The van der Waals surface area contributed by atoms with E-state index in [1.54, 1.807) is 7.11 Å². The molecule has 0 spiro atoms. The fourth-order valence-electron chi connectivity index (χ4n) is 8.37. The summed E-state index contributed by atoms with van der Waals surface area (Å²) in [6, 6.07) is 0. The first kappa shape index (κ1) is 27.7. The topological polar surface area (TPSA) is 129 Å². The SMILES string of the molecule is COC[C@H]1CC[C@H]2[C@@H](C)[C@@H](O)[C@H](O[C@H]3O[C@H](CO)[C@@H](O)[C@H](O)[C@H]3O)[C@H]3[C@H](C(C)C)CC[C@]3(C)C[C@H]12. The molecule has 35 heavy (non-hydrogen) atoms. The highest BCUT2D eigenvalue weighted by atomic mass is 16.7. The van der Waals surface area contributed by atoms with Crippen LogP contribution in [-0.4, -0.2) is 88.8 Å². The second-order valence-corrected chi connectivity index (χ2v) is 12.6. The summed E-state index contributed by atoms with van der Waals surface area (Å²) in [4.78, 5) is 0. The summed E-state index contributed by atoms with van der Waals surface area (Å²) in [6.45, 7) is 9.15. The van der Waals surface area contributed by atoms with Crippen molar-refractivity contribution in [3.8, 4) is 0 Å². The molecule has 0 amide bonds. The van der Waals surface area contributed by atoms with Gasteiger partial charge >= 0.3 is 0 Å². The van der Waals surface area contributed by atoms with Crippen molar-refractivity contribution in [1.82, 2.24) is 0 Å². The minimum atomic E-state index is -1.50. The second-order valence-electron chi connectivity index (χ2n) is 12.6. The van der Waals surface area contributed by atoms with Crippen molar-refractivity contribution in [2.75, 3.05) is 20.3 Å². The lowest BCUT2D eigenvalue weighted by atomic mass is 9.59. The number of methoxy groups -OCH3 is 1. The number of aliphatic hydroxyl groups is 5. The highest BCUT2D eigenvalue weighted by Crippen LogP contribution is 2.61. The van der Waals surface area contributed by atoms with Crippen molar-refractivity contribution in [3.63, 3.8) is 0 Å². The fraction of sp³-hybridized carbons (Fsp3) is 1.00. The Bertz CT molecular complexity index is 703. The molecular weight excluding hydrogens is 452 g/mol. The summed E-state index contributed by atoms with van der Waals surface area (Å²) in [6.07, 6.45) is -2.71. The zero-order chi connectivity index (χ0) is 25.7. The molecule has 4 rings (SSSR count). The molecule has 1 saturated heterocycles. The maximum Gasteiger partial charge on any atom is 0.187 e. The Morgan fingerprint density at radius 1 is 0.971 bits per heavy atom. The van der Waals surface area contributed by atoms with Crippen LogP contribution in [0.15, 0.2) is 0 Å². The van der Waals surface area contributed by atoms with Crippen LogP contribution in [0, 0.1) is 46.8 Å². The molecule has 5 N–H and O–H groups in total. The van der Waals surface area contributed by atoms with Crippen LogP contribution in [0.4, 0.5) is 0 Å². The van der Waals surface area contributed by atoms with Gasteiger partial charge in [-0.15, -0.1) is 0 Å². The van der Waals surface area contributed by atoms with Gasteiger partial charge in [0.05, 0.1) is 18.8 Å². The fourth-order valence-corrected chi connectivity index (χ4v) is 8.37. The predicted octanol–water partition coefficient (Wildman–Crippen LogP) is 1.55. The zero-order valence-corrected chi connectivity index (χ0v) is 22.0.